The van der Waals surface area contributed by atoms with Crippen LogP contribution in [0.4, 0.5) is 0 Å². The van der Waals surface area contributed by atoms with Crippen molar-refractivity contribution in [1.82, 2.24) is 0 Å². The van der Waals surface area contributed by atoms with Crippen LogP contribution in [0.2, 0.25) is 0 Å². The Balaban J connectivity index is 3.13. The van der Waals surface area contributed by atoms with Crippen LogP contribution < -0.4 is 9.47 Å². The van der Waals surface area contributed by atoms with Crippen LogP contribution in [0.5, 0.6) is 11.5 Å². The van der Waals surface area contributed by atoms with Crippen molar-refractivity contribution in [2.45, 2.75) is 13.3 Å². The predicted octanol–water partition coefficient (Wildman–Crippen LogP) is 2.48. The molecule has 1 rings (SSSR count). The summed E-state index contributed by atoms with van der Waals surface area (Å²) in [6, 6.07) is 3.39. The first-order chi connectivity index (χ1) is 7.58. The molecular weight excluding hydrogens is 276 g/mol. The van der Waals surface area contributed by atoms with Gasteiger partial charge in [-0.15, -0.1) is 0 Å². The molecule has 0 aliphatic rings. The molecule has 88 valence electrons. The number of aliphatic carboxylic acids is 1. The Kier molecular flexibility index (Phi) is 4.61. The molecule has 0 aliphatic heterocycles. The average Bonchev–Trinajstić information content (AvgIpc) is 2.21. The maximum absolute atomic E-state index is 10.7. The summed E-state index contributed by atoms with van der Waals surface area (Å²) in [6.07, 6.45) is -0.0715. The third kappa shape index (κ3) is 3.13. The van der Waals surface area contributed by atoms with Gasteiger partial charge in [0.05, 0.1) is 24.6 Å². The van der Waals surface area contributed by atoms with Gasteiger partial charge in [0.25, 0.3) is 0 Å². The zero-order valence-corrected chi connectivity index (χ0v) is 10.7. The summed E-state index contributed by atoms with van der Waals surface area (Å²) in [6.45, 7) is 2.33. The topological polar surface area (TPSA) is 55.8 Å². The minimum absolute atomic E-state index is 0.0715. The van der Waals surface area contributed by atoms with Crippen LogP contribution in [0.15, 0.2) is 16.6 Å². The molecule has 0 bridgehead atoms. The Morgan fingerprint density at radius 2 is 2.12 bits per heavy atom. The van der Waals surface area contributed by atoms with Gasteiger partial charge in [0, 0.05) is 11.6 Å². The zero-order valence-electron chi connectivity index (χ0n) is 9.12. The summed E-state index contributed by atoms with van der Waals surface area (Å²) < 4.78 is 11.2. The van der Waals surface area contributed by atoms with Gasteiger partial charge in [0.1, 0.15) is 11.5 Å². The van der Waals surface area contributed by atoms with E-state index < -0.39 is 5.97 Å². The number of carboxylic acids is 1. The highest BCUT2D eigenvalue weighted by atomic mass is 79.9. The van der Waals surface area contributed by atoms with Crippen LogP contribution in [0.1, 0.15) is 12.5 Å². The molecular formula is C11H13BrO4. The third-order valence-electron chi connectivity index (χ3n) is 1.98. The van der Waals surface area contributed by atoms with Gasteiger partial charge in [-0.3, -0.25) is 4.79 Å². The normalized spacial score (nSPS) is 9.94. The van der Waals surface area contributed by atoms with Gasteiger partial charge in [-0.25, -0.2) is 0 Å². The molecule has 5 heteroatoms. The first-order valence-electron chi connectivity index (χ1n) is 4.79. The van der Waals surface area contributed by atoms with Gasteiger partial charge in [-0.05, 0) is 28.9 Å². The van der Waals surface area contributed by atoms with Crippen molar-refractivity contribution in [3.63, 3.8) is 0 Å². The largest absolute Gasteiger partial charge is 0.495 e. The lowest BCUT2D eigenvalue weighted by molar-refractivity contribution is -0.136. The van der Waals surface area contributed by atoms with E-state index in [0.29, 0.717) is 23.7 Å². The molecule has 1 aromatic carbocycles. The summed E-state index contributed by atoms with van der Waals surface area (Å²) in [4.78, 5) is 10.7. The number of rotatable bonds is 5. The number of halogens is 1. The number of methoxy groups -OCH3 is 1. The minimum atomic E-state index is -0.891. The van der Waals surface area contributed by atoms with Crippen molar-refractivity contribution >= 4 is 21.9 Å². The monoisotopic (exact) mass is 288 g/mol. The Morgan fingerprint density at radius 3 is 2.62 bits per heavy atom. The number of hydrogen-bond acceptors (Lipinski definition) is 3. The molecule has 16 heavy (non-hydrogen) atoms. The number of hydrogen-bond donors (Lipinski definition) is 1. The summed E-state index contributed by atoms with van der Waals surface area (Å²) in [5, 5.41) is 8.77. The van der Waals surface area contributed by atoms with Gasteiger partial charge in [0.2, 0.25) is 0 Å². The lowest BCUT2D eigenvalue weighted by Crippen LogP contribution is -2.04. The lowest BCUT2D eigenvalue weighted by Gasteiger charge is -2.12. The molecule has 0 spiro atoms. The fourth-order valence-electron chi connectivity index (χ4n) is 1.32. The molecule has 0 saturated heterocycles. The maximum Gasteiger partial charge on any atom is 0.307 e. The van der Waals surface area contributed by atoms with Gasteiger partial charge >= 0.3 is 5.97 Å². The highest BCUT2D eigenvalue weighted by Gasteiger charge is 2.12. The van der Waals surface area contributed by atoms with Crippen molar-refractivity contribution in [3.05, 3.63) is 22.2 Å². The quantitative estimate of drug-likeness (QED) is 0.904. The van der Waals surface area contributed by atoms with Crippen molar-refractivity contribution in [1.29, 1.82) is 0 Å². The Morgan fingerprint density at radius 1 is 1.44 bits per heavy atom. The number of ether oxygens (including phenoxy) is 2. The van der Waals surface area contributed by atoms with E-state index in [0.717, 1.165) is 4.47 Å². The van der Waals surface area contributed by atoms with Crippen molar-refractivity contribution in [3.8, 4) is 11.5 Å². The second-order valence-electron chi connectivity index (χ2n) is 3.10. The van der Waals surface area contributed by atoms with E-state index in [-0.39, 0.29) is 6.42 Å². The standard InChI is InChI=1S/C11H13BrO4/c1-3-16-9-6-10(15-2)8(12)4-7(9)5-11(13)14/h4,6H,3,5H2,1-2H3,(H,13,14). The zero-order chi connectivity index (χ0) is 12.1. The fourth-order valence-corrected chi connectivity index (χ4v) is 1.88. The van der Waals surface area contributed by atoms with Gasteiger partial charge in [-0.1, -0.05) is 0 Å². The molecule has 1 aromatic rings. The number of carboxylic acid groups (broad SMARTS) is 1. The summed E-state index contributed by atoms with van der Waals surface area (Å²) >= 11 is 3.31. The van der Waals surface area contributed by atoms with Crippen LogP contribution in [-0.2, 0) is 11.2 Å². The van der Waals surface area contributed by atoms with Crippen LogP contribution in [0.3, 0.4) is 0 Å². The predicted molar refractivity (Wildman–Crippen MR) is 63.2 cm³/mol. The third-order valence-corrected chi connectivity index (χ3v) is 2.60. The molecule has 1 N–H and O–H groups in total. The Hall–Kier alpha value is -1.23. The summed E-state index contributed by atoms with van der Waals surface area (Å²) in [5.41, 5.74) is 0.627. The molecule has 0 amide bonds. The van der Waals surface area contributed by atoms with Gasteiger partial charge in [-0.2, -0.15) is 0 Å². The maximum atomic E-state index is 10.7. The molecule has 0 saturated carbocycles. The van der Waals surface area contributed by atoms with E-state index in [4.69, 9.17) is 14.6 Å². The van der Waals surface area contributed by atoms with Crippen LogP contribution in [-0.4, -0.2) is 24.8 Å². The first kappa shape index (κ1) is 12.8. The van der Waals surface area contributed by atoms with E-state index in [9.17, 15) is 4.79 Å². The summed E-state index contributed by atoms with van der Waals surface area (Å²) in [5.74, 6) is 0.278. The second-order valence-corrected chi connectivity index (χ2v) is 3.95. The fraction of sp³-hybridized carbons (Fsp3) is 0.364. The first-order valence-corrected chi connectivity index (χ1v) is 5.58. The molecule has 0 unspecified atom stereocenters. The highest BCUT2D eigenvalue weighted by molar-refractivity contribution is 9.10. The van der Waals surface area contributed by atoms with Crippen molar-refractivity contribution < 1.29 is 19.4 Å². The minimum Gasteiger partial charge on any atom is -0.495 e. The van der Waals surface area contributed by atoms with Crippen LogP contribution in [0.25, 0.3) is 0 Å². The SMILES string of the molecule is CCOc1cc(OC)c(Br)cc1CC(=O)O. The van der Waals surface area contributed by atoms with Crippen LogP contribution >= 0.6 is 15.9 Å². The Labute approximate surface area is 102 Å². The molecule has 0 aromatic heterocycles. The molecule has 4 nitrogen and oxygen atoms in total. The molecule has 0 fully saturated rings. The molecule has 0 atom stereocenters. The highest BCUT2D eigenvalue weighted by Crippen LogP contribution is 2.33. The van der Waals surface area contributed by atoms with Gasteiger partial charge in [0.15, 0.2) is 0 Å². The van der Waals surface area contributed by atoms with E-state index in [2.05, 4.69) is 15.9 Å². The van der Waals surface area contributed by atoms with Gasteiger partial charge < -0.3 is 14.6 Å². The lowest BCUT2D eigenvalue weighted by atomic mass is 10.1. The van der Waals surface area contributed by atoms with Crippen molar-refractivity contribution in [2.75, 3.05) is 13.7 Å². The van der Waals surface area contributed by atoms with E-state index >= 15 is 0 Å². The molecule has 0 aliphatic carbocycles. The van der Waals surface area contributed by atoms with E-state index in [1.807, 2.05) is 6.92 Å². The van der Waals surface area contributed by atoms with Crippen molar-refractivity contribution in [2.24, 2.45) is 0 Å². The average molecular weight is 289 g/mol. The molecule has 0 heterocycles. The van der Waals surface area contributed by atoms with E-state index in [1.54, 1.807) is 19.2 Å². The molecule has 0 radical (unpaired) electrons. The smallest absolute Gasteiger partial charge is 0.307 e. The van der Waals surface area contributed by atoms with E-state index in [1.165, 1.54) is 0 Å². The Bertz CT molecular complexity index is 390. The van der Waals surface area contributed by atoms with Crippen LogP contribution in [0, 0.1) is 0 Å². The number of benzene rings is 1. The number of carbonyl (C=O) groups is 1. The second kappa shape index (κ2) is 5.75. The summed E-state index contributed by atoms with van der Waals surface area (Å²) in [7, 11) is 1.55.